The van der Waals surface area contributed by atoms with Crippen LogP contribution in [0.25, 0.3) is 0 Å². The SMILES string of the molecule is c1cc2c(cc1Oc1nc(Oc3ccc4c(c3)OCO4)nc(Oc3ccc4c(c3)OCO4)n1)OCO2. The van der Waals surface area contributed by atoms with Gasteiger partial charge in [-0.15, -0.1) is 15.0 Å². The highest BCUT2D eigenvalue weighted by molar-refractivity contribution is 5.49. The van der Waals surface area contributed by atoms with Gasteiger partial charge >= 0.3 is 18.0 Å². The fourth-order valence-corrected chi connectivity index (χ4v) is 3.59. The van der Waals surface area contributed by atoms with Crippen LogP contribution in [0.5, 0.6) is 69.8 Å². The average molecular weight is 489 g/mol. The van der Waals surface area contributed by atoms with Crippen LogP contribution < -0.4 is 42.6 Å². The number of hydrogen-bond acceptors (Lipinski definition) is 12. The second kappa shape index (κ2) is 8.27. The molecule has 0 atom stereocenters. The first-order valence-corrected chi connectivity index (χ1v) is 10.7. The topological polar surface area (TPSA) is 122 Å². The minimum Gasteiger partial charge on any atom is -0.454 e. The number of aromatic nitrogens is 3. The molecule has 0 spiro atoms. The van der Waals surface area contributed by atoms with Gasteiger partial charge in [0, 0.05) is 18.2 Å². The zero-order valence-corrected chi connectivity index (χ0v) is 18.3. The molecule has 0 unspecified atom stereocenters. The number of nitrogens with zero attached hydrogens (tertiary/aromatic N) is 3. The van der Waals surface area contributed by atoms with Crippen LogP contribution in [0.15, 0.2) is 54.6 Å². The molecule has 3 aromatic carbocycles. The van der Waals surface area contributed by atoms with E-state index in [-0.39, 0.29) is 38.4 Å². The van der Waals surface area contributed by atoms with E-state index < -0.39 is 0 Å². The second-order valence-electron chi connectivity index (χ2n) is 7.53. The summed E-state index contributed by atoms with van der Waals surface area (Å²) in [5.74, 6) is 4.79. The summed E-state index contributed by atoms with van der Waals surface area (Å²) >= 11 is 0. The summed E-state index contributed by atoms with van der Waals surface area (Å²) in [5.41, 5.74) is 0. The van der Waals surface area contributed by atoms with Crippen LogP contribution in [-0.4, -0.2) is 35.3 Å². The van der Waals surface area contributed by atoms with Crippen LogP contribution in [0.2, 0.25) is 0 Å². The molecule has 12 nitrogen and oxygen atoms in total. The van der Waals surface area contributed by atoms with Crippen molar-refractivity contribution >= 4 is 0 Å². The number of rotatable bonds is 6. The van der Waals surface area contributed by atoms with Crippen molar-refractivity contribution in [3.8, 4) is 69.8 Å². The number of benzene rings is 3. The Kier molecular flexibility index (Phi) is 4.65. The van der Waals surface area contributed by atoms with Gasteiger partial charge in [-0.05, 0) is 36.4 Å². The highest BCUT2D eigenvalue weighted by Gasteiger charge is 2.20. The van der Waals surface area contributed by atoms with Crippen molar-refractivity contribution in [3.63, 3.8) is 0 Å². The quantitative estimate of drug-likeness (QED) is 0.381. The predicted molar refractivity (Wildman–Crippen MR) is 118 cm³/mol. The van der Waals surface area contributed by atoms with Crippen LogP contribution >= 0.6 is 0 Å². The molecule has 0 amide bonds. The van der Waals surface area contributed by atoms with E-state index in [0.717, 1.165) is 0 Å². The summed E-state index contributed by atoms with van der Waals surface area (Å²) in [6, 6.07) is 15.1. The van der Waals surface area contributed by atoms with E-state index in [2.05, 4.69) is 15.0 Å². The first-order valence-electron chi connectivity index (χ1n) is 10.7. The molecule has 180 valence electrons. The molecule has 4 aromatic rings. The molecule has 1 aromatic heterocycles. The zero-order valence-electron chi connectivity index (χ0n) is 18.3. The van der Waals surface area contributed by atoms with Crippen molar-refractivity contribution in [1.29, 1.82) is 0 Å². The summed E-state index contributed by atoms with van der Waals surface area (Å²) in [6.45, 7) is 0.433. The maximum atomic E-state index is 5.86. The lowest BCUT2D eigenvalue weighted by Gasteiger charge is -2.10. The van der Waals surface area contributed by atoms with Crippen LogP contribution in [0.3, 0.4) is 0 Å². The Hall–Kier alpha value is -5.13. The molecule has 4 heterocycles. The third kappa shape index (κ3) is 3.90. The van der Waals surface area contributed by atoms with Crippen molar-refractivity contribution in [3.05, 3.63) is 54.6 Å². The summed E-state index contributed by atoms with van der Waals surface area (Å²) in [6.07, 6.45) is 0. The number of fused-ring (bicyclic) bond motifs is 3. The molecular weight excluding hydrogens is 474 g/mol. The molecule has 7 rings (SSSR count). The van der Waals surface area contributed by atoms with E-state index >= 15 is 0 Å². The van der Waals surface area contributed by atoms with Gasteiger partial charge in [0.05, 0.1) is 0 Å². The summed E-state index contributed by atoms with van der Waals surface area (Å²) < 4.78 is 49.8. The standard InChI is InChI=1S/C24H15N3O9/c1-4-16-19(31-10-28-16)7-13(1)34-22-25-23(35-14-2-5-17-20(8-14)32-11-29-17)27-24(26-22)36-15-3-6-18-21(9-15)33-12-30-18/h1-9H,10-12H2. The van der Waals surface area contributed by atoms with E-state index in [0.29, 0.717) is 51.7 Å². The Morgan fingerprint density at radius 2 is 0.722 bits per heavy atom. The normalized spacial score (nSPS) is 14.0. The van der Waals surface area contributed by atoms with Gasteiger partial charge in [0.15, 0.2) is 34.5 Å². The van der Waals surface area contributed by atoms with E-state index in [1.807, 2.05) is 0 Å². The van der Waals surface area contributed by atoms with Crippen molar-refractivity contribution < 1.29 is 42.6 Å². The molecule has 0 aliphatic carbocycles. The highest BCUT2D eigenvalue weighted by atomic mass is 16.7. The van der Waals surface area contributed by atoms with Gasteiger partial charge in [-0.1, -0.05) is 0 Å². The minimum atomic E-state index is -0.0599. The number of ether oxygens (including phenoxy) is 9. The van der Waals surface area contributed by atoms with Gasteiger partial charge in [0.1, 0.15) is 17.2 Å². The first-order chi connectivity index (χ1) is 17.7. The Bertz CT molecular complexity index is 1290. The largest absolute Gasteiger partial charge is 0.454 e. The minimum absolute atomic E-state index is 0.0599. The summed E-state index contributed by atoms with van der Waals surface area (Å²) in [7, 11) is 0. The zero-order chi connectivity index (χ0) is 23.9. The first kappa shape index (κ1) is 20.3. The highest BCUT2D eigenvalue weighted by Crippen LogP contribution is 2.39. The lowest BCUT2D eigenvalue weighted by Crippen LogP contribution is -2.01. The van der Waals surface area contributed by atoms with Gasteiger partial charge < -0.3 is 42.6 Å². The van der Waals surface area contributed by atoms with Gasteiger partial charge in [-0.2, -0.15) is 0 Å². The molecule has 3 aliphatic heterocycles. The van der Waals surface area contributed by atoms with Crippen molar-refractivity contribution in [2.24, 2.45) is 0 Å². The Balaban J connectivity index is 1.20. The van der Waals surface area contributed by atoms with Gasteiger partial charge in [-0.25, -0.2) is 0 Å². The van der Waals surface area contributed by atoms with Crippen molar-refractivity contribution in [2.75, 3.05) is 20.4 Å². The Morgan fingerprint density at radius 3 is 1.06 bits per heavy atom. The lowest BCUT2D eigenvalue weighted by molar-refractivity contribution is 0.173. The molecule has 3 aliphatic rings. The van der Waals surface area contributed by atoms with Crippen molar-refractivity contribution in [2.45, 2.75) is 0 Å². The van der Waals surface area contributed by atoms with Gasteiger partial charge in [0.25, 0.3) is 0 Å². The monoisotopic (exact) mass is 489 g/mol. The fourth-order valence-electron chi connectivity index (χ4n) is 3.59. The second-order valence-corrected chi connectivity index (χ2v) is 7.53. The van der Waals surface area contributed by atoms with Crippen LogP contribution in [0.1, 0.15) is 0 Å². The fraction of sp³-hybridized carbons (Fsp3) is 0.125. The molecule has 0 saturated carbocycles. The smallest absolute Gasteiger partial charge is 0.331 e. The van der Waals surface area contributed by atoms with Gasteiger partial charge in [-0.3, -0.25) is 0 Å². The van der Waals surface area contributed by atoms with E-state index in [1.54, 1.807) is 54.6 Å². The molecular formula is C24H15N3O9. The van der Waals surface area contributed by atoms with Crippen molar-refractivity contribution in [1.82, 2.24) is 15.0 Å². The molecule has 12 heteroatoms. The predicted octanol–water partition coefficient (Wildman–Crippen LogP) is 4.43. The maximum absolute atomic E-state index is 5.86. The Morgan fingerprint density at radius 1 is 0.417 bits per heavy atom. The maximum Gasteiger partial charge on any atom is 0.331 e. The molecule has 36 heavy (non-hydrogen) atoms. The van der Waals surface area contributed by atoms with E-state index in [1.165, 1.54) is 0 Å². The molecule has 0 N–H and O–H groups in total. The molecule has 0 saturated heterocycles. The molecule has 0 bridgehead atoms. The van der Waals surface area contributed by atoms with Gasteiger partial charge in [0.2, 0.25) is 20.4 Å². The lowest BCUT2D eigenvalue weighted by atomic mass is 10.3. The number of hydrogen-bond donors (Lipinski definition) is 0. The van der Waals surface area contributed by atoms with Crippen LogP contribution in [0, 0.1) is 0 Å². The third-order valence-corrected chi connectivity index (χ3v) is 5.23. The average Bonchev–Trinajstić information content (AvgIpc) is 3.63. The summed E-state index contributed by atoms with van der Waals surface area (Å²) in [4.78, 5) is 12.8. The van der Waals surface area contributed by atoms with E-state index in [9.17, 15) is 0 Å². The van der Waals surface area contributed by atoms with Crippen LogP contribution in [-0.2, 0) is 0 Å². The van der Waals surface area contributed by atoms with Crippen LogP contribution in [0.4, 0.5) is 0 Å². The third-order valence-electron chi connectivity index (χ3n) is 5.23. The molecule has 0 radical (unpaired) electrons. The van der Waals surface area contributed by atoms with E-state index in [4.69, 9.17) is 42.6 Å². The Labute approximate surface area is 202 Å². The summed E-state index contributed by atoms with van der Waals surface area (Å²) in [5, 5.41) is 0. The molecule has 0 fully saturated rings.